The first kappa shape index (κ1) is 13.2. The molecular weight excluding hydrogens is 282 g/mol. The quantitative estimate of drug-likeness (QED) is 0.867. The molecule has 2 bridgehead atoms. The summed E-state index contributed by atoms with van der Waals surface area (Å²) in [5.74, 6) is -0.579. The monoisotopic (exact) mass is 297 g/mol. The smallest absolute Gasteiger partial charge is 0.324 e. The van der Waals surface area contributed by atoms with E-state index in [4.69, 9.17) is 5.11 Å². The van der Waals surface area contributed by atoms with E-state index in [-0.39, 0.29) is 30.5 Å². The molecule has 2 fully saturated rings. The van der Waals surface area contributed by atoms with E-state index in [1.165, 1.54) is 0 Å². The number of aromatic nitrogens is 3. The van der Waals surface area contributed by atoms with Crippen LogP contribution in [0, 0.1) is 5.92 Å². The van der Waals surface area contributed by atoms with Gasteiger partial charge in [-0.3, -0.25) is 10.1 Å². The van der Waals surface area contributed by atoms with Crippen LogP contribution >= 0.6 is 11.5 Å². The highest BCUT2D eigenvalue weighted by atomic mass is 32.1. The molecule has 1 aromatic heterocycles. The molecule has 2 unspecified atom stereocenters. The molecule has 2 amide bonds. The number of hydrogen-bond donors (Lipinski definition) is 2. The zero-order chi connectivity index (χ0) is 14.1. The second kappa shape index (κ2) is 5.31. The molecule has 108 valence electrons. The number of rotatable bonds is 3. The third kappa shape index (κ3) is 2.58. The molecule has 0 spiro atoms. The Morgan fingerprint density at radius 2 is 2.05 bits per heavy atom. The minimum atomic E-state index is -0.757. The van der Waals surface area contributed by atoms with Crippen LogP contribution in [0.3, 0.4) is 0 Å². The standard InChI is InChI=1S/C11H15N5O3S/c17-9(18)5-6-3-7-1-2-8(4-6)16(7)11(19)12-10-13-14-15-20-10/h6-8H,1-5H2,(H,17,18)(H,12,13,15,19). The first-order valence-corrected chi connectivity index (χ1v) is 7.37. The summed E-state index contributed by atoms with van der Waals surface area (Å²) in [5, 5.41) is 19.1. The van der Waals surface area contributed by atoms with Crippen LogP contribution in [-0.2, 0) is 4.79 Å². The van der Waals surface area contributed by atoms with Crippen LogP contribution in [0.25, 0.3) is 0 Å². The topological polar surface area (TPSA) is 108 Å². The van der Waals surface area contributed by atoms with Gasteiger partial charge in [0.25, 0.3) is 0 Å². The van der Waals surface area contributed by atoms with Crippen molar-refractivity contribution < 1.29 is 14.7 Å². The van der Waals surface area contributed by atoms with Gasteiger partial charge in [-0.2, -0.15) is 0 Å². The molecule has 20 heavy (non-hydrogen) atoms. The summed E-state index contributed by atoms with van der Waals surface area (Å²) in [6, 6.07) is 0.0998. The maximum atomic E-state index is 12.3. The molecule has 9 heteroatoms. The fourth-order valence-corrected chi connectivity index (χ4v) is 3.73. The Labute approximate surface area is 119 Å². The number of nitrogens with zero attached hydrogens (tertiary/aromatic N) is 4. The number of urea groups is 1. The molecule has 2 N–H and O–H groups in total. The molecule has 3 heterocycles. The number of carboxylic acids is 1. The predicted molar refractivity (Wildman–Crippen MR) is 70.3 cm³/mol. The summed E-state index contributed by atoms with van der Waals surface area (Å²) in [6.45, 7) is 0. The van der Waals surface area contributed by atoms with Crippen LogP contribution in [-0.4, -0.2) is 48.9 Å². The van der Waals surface area contributed by atoms with Crippen molar-refractivity contribution in [2.45, 2.75) is 44.2 Å². The maximum absolute atomic E-state index is 12.3. The number of nitrogens with one attached hydrogen (secondary N) is 1. The average Bonchev–Trinajstić information content (AvgIpc) is 2.95. The Bertz CT molecular complexity index is 494. The van der Waals surface area contributed by atoms with E-state index >= 15 is 0 Å². The zero-order valence-electron chi connectivity index (χ0n) is 10.7. The first-order valence-electron chi connectivity index (χ1n) is 6.59. The predicted octanol–water partition coefficient (Wildman–Crippen LogP) is 1.18. The van der Waals surface area contributed by atoms with Crippen LogP contribution in [0.1, 0.15) is 32.1 Å². The number of fused-ring (bicyclic) bond motifs is 2. The summed E-state index contributed by atoms with van der Waals surface area (Å²) in [7, 11) is 0. The molecule has 2 atom stereocenters. The number of anilines is 1. The van der Waals surface area contributed by atoms with Crippen LogP contribution < -0.4 is 5.32 Å². The fourth-order valence-electron chi connectivity index (χ4n) is 3.37. The van der Waals surface area contributed by atoms with E-state index in [1.54, 1.807) is 0 Å². The van der Waals surface area contributed by atoms with Gasteiger partial charge in [0, 0.05) is 30.0 Å². The highest BCUT2D eigenvalue weighted by Crippen LogP contribution is 2.40. The van der Waals surface area contributed by atoms with Gasteiger partial charge in [0.1, 0.15) is 0 Å². The van der Waals surface area contributed by atoms with Gasteiger partial charge in [-0.25, -0.2) is 4.79 Å². The van der Waals surface area contributed by atoms with E-state index in [0.717, 1.165) is 37.2 Å². The van der Waals surface area contributed by atoms with E-state index in [1.807, 2.05) is 4.90 Å². The Balaban J connectivity index is 1.64. The largest absolute Gasteiger partial charge is 0.481 e. The van der Waals surface area contributed by atoms with Crippen LogP contribution in [0.5, 0.6) is 0 Å². The van der Waals surface area contributed by atoms with Crippen molar-refractivity contribution in [2.75, 3.05) is 5.32 Å². The number of aliphatic carboxylic acids is 1. The number of hydrogen-bond acceptors (Lipinski definition) is 6. The van der Waals surface area contributed by atoms with Gasteiger partial charge in [0.15, 0.2) is 0 Å². The second-order valence-electron chi connectivity index (χ2n) is 5.33. The summed E-state index contributed by atoms with van der Waals surface area (Å²) in [5.41, 5.74) is 0. The highest BCUT2D eigenvalue weighted by molar-refractivity contribution is 7.09. The molecular formula is C11H15N5O3S. The zero-order valence-corrected chi connectivity index (χ0v) is 11.5. The molecule has 0 radical (unpaired) electrons. The summed E-state index contributed by atoms with van der Waals surface area (Å²) < 4.78 is 3.60. The molecule has 1 aromatic rings. The fraction of sp³-hybridized carbons (Fsp3) is 0.727. The van der Waals surface area contributed by atoms with Gasteiger partial charge < -0.3 is 10.0 Å². The highest BCUT2D eigenvalue weighted by Gasteiger charge is 2.43. The summed E-state index contributed by atoms with van der Waals surface area (Å²) >= 11 is 1.04. The second-order valence-corrected chi connectivity index (χ2v) is 6.06. The van der Waals surface area contributed by atoms with Crippen molar-refractivity contribution in [3.05, 3.63) is 0 Å². The SMILES string of the molecule is O=C(O)CC1CC2CCC(C1)N2C(=O)Nc1nnns1. The van der Waals surface area contributed by atoms with Crippen molar-refractivity contribution in [2.24, 2.45) is 5.92 Å². The normalized spacial score (nSPS) is 28.4. The molecule has 0 aromatic carbocycles. The van der Waals surface area contributed by atoms with E-state index < -0.39 is 5.97 Å². The van der Waals surface area contributed by atoms with Crippen molar-refractivity contribution >= 4 is 28.7 Å². The molecule has 2 saturated heterocycles. The third-order valence-corrected chi connectivity index (χ3v) is 4.55. The number of carbonyl (C=O) groups is 2. The van der Waals surface area contributed by atoms with Crippen LogP contribution in [0.15, 0.2) is 0 Å². The van der Waals surface area contributed by atoms with E-state index in [2.05, 4.69) is 20.1 Å². The minimum absolute atomic E-state index is 0.138. The number of amides is 2. The van der Waals surface area contributed by atoms with Crippen LogP contribution in [0.2, 0.25) is 0 Å². The molecule has 0 aliphatic carbocycles. The van der Waals surface area contributed by atoms with E-state index in [0.29, 0.717) is 5.13 Å². The number of carbonyl (C=O) groups excluding carboxylic acids is 1. The Kier molecular flexibility index (Phi) is 3.51. The average molecular weight is 297 g/mol. The van der Waals surface area contributed by atoms with Gasteiger partial charge >= 0.3 is 12.0 Å². The lowest BCUT2D eigenvalue weighted by atomic mass is 9.88. The summed E-state index contributed by atoms with van der Waals surface area (Å²) in [4.78, 5) is 24.9. The third-order valence-electron chi connectivity index (χ3n) is 4.04. The number of carboxylic acid groups (broad SMARTS) is 1. The van der Waals surface area contributed by atoms with E-state index in [9.17, 15) is 9.59 Å². The van der Waals surface area contributed by atoms with Gasteiger partial charge in [-0.1, -0.05) is 9.59 Å². The van der Waals surface area contributed by atoms with Crippen LogP contribution in [0.4, 0.5) is 9.93 Å². The molecule has 0 saturated carbocycles. The van der Waals surface area contributed by atoms with Gasteiger partial charge in [0.05, 0.1) is 0 Å². The molecule has 3 rings (SSSR count). The van der Waals surface area contributed by atoms with Crippen molar-refractivity contribution in [3.8, 4) is 0 Å². The minimum Gasteiger partial charge on any atom is -0.481 e. The lowest BCUT2D eigenvalue weighted by Crippen LogP contribution is -2.48. The van der Waals surface area contributed by atoms with Gasteiger partial charge in [-0.15, -0.1) is 0 Å². The Morgan fingerprint density at radius 3 is 2.60 bits per heavy atom. The van der Waals surface area contributed by atoms with Gasteiger partial charge in [0.2, 0.25) is 5.13 Å². The molecule has 8 nitrogen and oxygen atoms in total. The van der Waals surface area contributed by atoms with Crippen molar-refractivity contribution in [1.82, 2.24) is 19.7 Å². The lowest BCUT2D eigenvalue weighted by Gasteiger charge is -2.38. The lowest BCUT2D eigenvalue weighted by molar-refractivity contribution is -0.138. The Hall–Kier alpha value is -1.77. The molecule has 2 aliphatic rings. The molecule has 2 aliphatic heterocycles. The Morgan fingerprint density at radius 1 is 1.35 bits per heavy atom. The maximum Gasteiger partial charge on any atom is 0.324 e. The number of piperidine rings is 1. The van der Waals surface area contributed by atoms with Gasteiger partial charge in [-0.05, 0) is 36.8 Å². The van der Waals surface area contributed by atoms with Crippen molar-refractivity contribution in [1.29, 1.82) is 0 Å². The summed E-state index contributed by atoms with van der Waals surface area (Å²) in [6.07, 6.45) is 3.63. The van der Waals surface area contributed by atoms with Crippen molar-refractivity contribution in [3.63, 3.8) is 0 Å². The first-order chi connectivity index (χ1) is 9.63.